The van der Waals surface area contributed by atoms with Gasteiger partial charge in [0, 0.05) is 0 Å². The first-order valence-electron chi connectivity index (χ1n) is 4.67. The normalized spacial score (nSPS) is 15.5. The van der Waals surface area contributed by atoms with Gasteiger partial charge in [0.15, 0.2) is 0 Å². The van der Waals surface area contributed by atoms with Crippen LogP contribution >= 0.6 is 0 Å². The van der Waals surface area contributed by atoms with E-state index in [1.807, 2.05) is 49.3 Å². The first-order valence-corrected chi connectivity index (χ1v) is 4.67. The van der Waals surface area contributed by atoms with E-state index in [1.165, 1.54) is 0 Å². The van der Waals surface area contributed by atoms with E-state index in [2.05, 4.69) is 0 Å². The molecule has 1 aromatic rings. The maximum absolute atomic E-state index is 9.65. The monoisotopic (exact) mass is 195 g/mol. The van der Waals surface area contributed by atoms with Crippen molar-refractivity contribution in [3.63, 3.8) is 0 Å². The summed E-state index contributed by atoms with van der Waals surface area (Å²) in [4.78, 5) is 1.90. The lowest BCUT2D eigenvalue weighted by Gasteiger charge is -2.28. The van der Waals surface area contributed by atoms with Crippen LogP contribution in [0.5, 0.6) is 0 Å². The third-order valence-electron chi connectivity index (χ3n) is 2.25. The Hall–Kier alpha value is -0.900. The molecule has 0 amide bonds. The van der Waals surface area contributed by atoms with Crippen LogP contribution in [0.15, 0.2) is 30.3 Å². The Balaban J connectivity index is 2.89. The molecule has 3 nitrogen and oxygen atoms in total. The summed E-state index contributed by atoms with van der Waals surface area (Å²) in [5.74, 6) is 0. The van der Waals surface area contributed by atoms with Crippen LogP contribution < -0.4 is 0 Å². The molecule has 0 aliphatic carbocycles. The van der Waals surface area contributed by atoms with E-state index in [0.29, 0.717) is 0 Å². The largest absolute Gasteiger partial charge is 0.394 e. The second-order valence-electron chi connectivity index (χ2n) is 3.57. The maximum Gasteiger partial charge on any atom is 0.0966 e. The molecule has 0 bridgehead atoms. The summed E-state index contributed by atoms with van der Waals surface area (Å²) in [7, 11) is 3.77. The number of likely N-dealkylation sites (N-methyl/N-ethyl adjacent to an activating group) is 1. The smallest absolute Gasteiger partial charge is 0.0966 e. The summed E-state index contributed by atoms with van der Waals surface area (Å²) < 4.78 is 0. The Bertz CT molecular complexity index is 261. The molecule has 2 atom stereocenters. The SMILES string of the molecule is CN(C)C(c1ccccc1)C(O)CO. The van der Waals surface area contributed by atoms with Crippen LogP contribution in [0, 0.1) is 0 Å². The molecule has 0 saturated heterocycles. The molecule has 0 fully saturated rings. The summed E-state index contributed by atoms with van der Waals surface area (Å²) in [6.45, 7) is -0.224. The molecule has 0 radical (unpaired) electrons. The minimum Gasteiger partial charge on any atom is -0.394 e. The van der Waals surface area contributed by atoms with E-state index >= 15 is 0 Å². The fourth-order valence-electron chi connectivity index (χ4n) is 1.61. The lowest BCUT2D eigenvalue weighted by atomic mass is 10.0. The molecule has 0 aliphatic rings. The summed E-state index contributed by atoms with van der Waals surface area (Å²) in [6, 6.07) is 9.53. The number of hydrogen-bond donors (Lipinski definition) is 2. The van der Waals surface area contributed by atoms with Crippen molar-refractivity contribution in [1.82, 2.24) is 4.90 Å². The van der Waals surface area contributed by atoms with Gasteiger partial charge < -0.3 is 10.2 Å². The maximum atomic E-state index is 9.65. The molecule has 2 unspecified atom stereocenters. The fourth-order valence-corrected chi connectivity index (χ4v) is 1.61. The number of rotatable bonds is 4. The Labute approximate surface area is 84.6 Å². The van der Waals surface area contributed by atoms with Crippen LogP contribution in [0.25, 0.3) is 0 Å². The molecule has 0 aromatic heterocycles. The molecular formula is C11H17NO2. The van der Waals surface area contributed by atoms with Crippen molar-refractivity contribution in [3.8, 4) is 0 Å². The number of aliphatic hydroxyl groups excluding tert-OH is 2. The van der Waals surface area contributed by atoms with Gasteiger partial charge in [0.25, 0.3) is 0 Å². The Morgan fingerprint density at radius 2 is 1.79 bits per heavy atom. The first-order chi connectivity index (χ1) is 6.66. The molecule has 0 aliphatic heterocycles. The lowest BCUT2D eigenvalue weighted by Crippen LogP contribution is -2.33. The van der Waals surface area contributed by atoms with Gasteiger partial charge in [-0.25, -0.2) is 0 Å². The van der Waals surface area contributed by atoms with Crippen molar-refractivity contribution in [2.24, 2.45) is 0 Å². The average Bonchev–Trinajstić information content (AvgIpc) is 2.19. The van der Waals surface area contributed by atoms with Gasteiger partial charge in [-0.2, -0.15) is 0 Å². The minimum absolute atomic E-state index is 0.152. The zero-order chi connectivity index (χ0) is 10.6. The summed E-state index contributed by atoms with van der Waals surface area (Å²) in [5.41, 5.74) is 1.01. The quantitative estimate of drug-likeness (QED) is 0.741. The summed E-state index contributed by atoms with van der Waals surface area (Å²) >= 11 is 0. The Morgan fingerprint density at radius 1 is 1.21 bits per heavy atom. The third-order valence-corrected chi connectivity index (χ3v) is 2.25. The second-order valence-corrected chi connectivity index (χ2v) is 3.57. The summed E-state index contributed by atoms with van der Waals surface area (Å²) in [6.07, 6.45) is -0.743. The Morgan fingerprint density at radius 3 is 2.21 bits per heavy atom. The molecule has 0 saturated carbocycles. The van der Waals surface area contributed by atoms with Crippen LogP contribution in [0.1, 0.15) is 11.6 Å². The van der Waals surface area contributed by atoms with Crippen molar-refractivity contribution < 1.29 is 10.2 Å². The molecule has 14 heavy (non-hydrogen) atoms. The van der Waals surface area contributed by atoms with E-state index in [1.54, 1.807) is 0 Å². The van der Waals surface area contributed by atoms with E-state index in [-0.39, 0.29) is 12.6 Å². The van der Waals surface area contributed by atoms with Gasteiger partial charge in [0.05, 0.1) is 18.8 Å². The average molecular weight is 195 g/mol. The molecule has 0 heterocycles. The van der Waals surface area contributed by atoms with Gasteiger partial charge in [-0.15, -0.1) is 0 Å². The molecule has 1 rings (SSSR count). The van der Waals surface area contributed by atoms with Crippen molar-refractivity contribution in [2.45, 2.75) is 12.1 Å². The zero-order valence-electron chi connectivity index (χ0n) is 8.59. The number of aliphatic hydroxyl groups is 2. The Kier molecular flexibility index (Phi) is 4.07. The molecule has 0 spiro atoms. The van der Waals surface area contributed by atoms with Crippen molar-refractivity contribution in [2.75, 3.05) is 20.7 Å². The topological polar surface area (TPSA) is 43.7 Å². The van der Waals surface area contributed by atoms with E-state index in [4.69, 9.17) is 5.11 Å². The first kappa shape index (κ1) is 11.2. The van der Waals surface area contributed by atoms with Gasteiger partial charge in [-0.05, 0) is 19.7 Å². The number of nitrogens with zero attached hydrogens (tertiary/aromatic N) is 1. The second kappa shape index (κ2) is 5.10. The van der Waals surface area contributed by atoms with Gasteiger partial charge in [0.1, 0.15) is 0 Å². The van der Waals surface area contributed by atoms with Crippen LogP contribution in [0.3, 0.4) is 0 Å². The highest BCUT2D eigenvalue weighted by molar-refractivity contribution is 5.20. The lowest BCUT2D eigenvalue weighted by molar-refractivity contribution is 0.0278. The van der Waals surface area contributed by atoms with Crippen molar-refractivity contribution in [3.05, 3.63) is 35.9 Å². The van der Waals surface area contributed by atoms with Crippen molar-refractivity contribution >= 4 is 0 Å². The predicted molar refractivity (Wildman–Crippen MR) is 56.0 cm³/mol. The van der Waals surface area contributed by atoms with E-state index in [0.717, 1.165) is 5.56 Å². The number of hydrogen-bond acceptors (Lipinski definition) is 3. The fraction of sp³-hybridized carbons (Fsp3) is 0.455. The van der Waals surface area contributed by atoms with E-state index < -0.39 is 6.10 Å². The number of benzene rings is 1. The van der Waals surface area contributed by atoms with E-state index in [9.17, 15) is 5.11 Å². The molecule has 1 aromatic carbocycles. The standard InChI is InChI=1S/C11H17NO2/c1-12(2)11(10(14)8-13)9-6-4-3-5-7-9/h3-7,10-11,13-14H,8H2,1-2H3. The molecule has 3 heteroatoms. The van der Waals surface area contributed by atoms with Crippen LogP contribution in [-0.4, -0.2) is 41.9 Å². The highest BCUT2D eigenvalue weighted by Crippen LogP contribution is 2.21. The van der Waals surface area contributed by atoms with Crippen LogP contribution in [0.2, 0.25) is 0 Å². The van der Waals surface area contributed by atoms with Gasteiger partial charge in [-0.3, -0.25) is 4.90 Å². The van der Waals surface area contributed by atoms with Crippen LogP contribution in [-0.2, 0) is 0 Å². The zero-order valence-corrected chi connectivity index (χ0v) is 8.59. The summed E-state index contributed by atoms with van der Waals surface area (Å²) in [5, 5.41) is 18.6. The molecule has 78 valence electrons. The van der Waals surface area contributed by atoms with Crippen molar-refractivity contribution in [1.29, 1.82) is 0 Å². The van der Waals surface area contributed by atoms with Gasteiger partial charge in [-0.1, -0.05) is 30.3 Å². The minimum atomic E-state index is -0.743. The van der Waals surface area contributed by atoms with Gasteiger partial charge in [0.2, 0.25) is 0 Å². The highest BCUT2D eigenvalue weighted by Gasteiger charge is 2.21. The van der Waals surface area contributed by atoms with Gasteiger partial charge >= 0.3 is 0 Å². The predicted octanol–water partition coefficient (Wildman–Crippen LogP) is 0.642. The third kappa shape index (κ3) is 2.54. The van der Waals surface area contributed by atoms with Crippen LogP contribution in [0.4, 0.5) is 0 Å². The highest BCUT2D eigenvalue weighted by atomic mass is 16.3. The molecular weight excluding hydrogens is 178 g/mol. The molecule has 2 N–H and O–H groups in total.